The Bertz CT molecular complexity index is 429. The molecule has 5 heteroatoms. The molecular formula is C21H41NO4. The molecule has 5 nitrogen and oxygen atoms in total. The van der Waals surface area contributed by atoms with Gasteiger partial charge in [0.15, 0.2) is 0 Å². The monoisotopic (exact) mass is 371 g/mol. The van der Waals surface area contributed by atoms with Gasteiger partial charge in [0.2, 0.25) is 5.54 Å². The van der Waals surface area contributed by atoms with E-state index in [1.807, 2.05) is 13.8 Å². The molecule has 0 fully saturated rings. The first-order valence-electron chi connectivity index (χ1n) is 10.2. The summed E-state index contributed by atoms with van der Waals surface area (Å²) in [5.41, 5.74) is -2.45. The van der Waals surface area contributed by atoms with Crippen molar-refractivity contribution in [1.82, 2.24) is 0 Å². The number of quaternary nitrogens is 1. The van der Waals surface area contributed by atoms with Crippen molar-refractivity contribution in [2.24, 2.45) is 0 Å². The summed E-state index contributed by atoms with van der Waals surface area (Å²) in [5.74, 6) is -2.88. The normalized spacial score (nSPS) is 14.8. The molecule has 0 saturated heterocycles. The fourth-order valence-corrected chi connectivity index (χ4v) is 3.48. The molecule has 0 amide bonds. The number of rotatable bonds is 15. The number of carbonyl (C=O) groups excluding carboxylic acids is 1. The summed E-state index contributed by atoms with van der Waals surface area (Å²) in [5, 5.41) is 21.1. The molecule has 0 heterocycles. The second kappa shape index (κ2) is 10.9. The van der Waals surface area contributed by atoms with E-state index in [1.54, 1.807) is 14.1 Å². The topological polar surface area (TPSA) is 77.4 Å². The highest BCUT2D eigenvalue weighted by atomic mass is 16.4. The molecule has 0 aromatic heterocycles. The summed E-state index contributed by atoms with van der Waals surface area (Å²) in [4.78, 5) is 23.3. The lowest BCUT2D eigenvalue weighted by Gasteiger charge is -2.53. The largest absolute Gasteiger partial charge is 0.543 e. The summed E-state index contributed by atoms with van der Waals surface area (Å²) in [6, 6.07) is 0. The van der Waals surface area contributed by atoms with Crippen LogP contribution in [-0.2, 0) is 9.59 Å². The van der Waals surface area contributed by atoms with Gasteiger partial charge in [-0.15, -0.1) is 0 Å². The number of carbonyl (C=O) groups is 2. The zero-order chi connectivity index (χ0) is 20.4. The molecule has 0 radical (unpaired) electrons. The quantitative estimate of drug-likeness (QED) is 0.270. The van der Waals surface area contributed by atoms with Crippen molar-refractivity contribution < 1.29 is 24.3 Å². The van der Waals surface area contributed by atoms with Crippen LogP contribution < -0.4 is 5.11 Å². The molecule has 0 bridgehead atoms. The lowest BCUT2D eigenvalue weighted by Crippen LogP contribution is -2.76. The number of carboxylic acid groups (broad SMARTS) is 2. The standard InChI is InChI=1S/C21H41NO4/c1-7-8-9-10-11-12-13-14-15-16-17-20(2,3)22(5,6)21(4,18(23)24)19(25)26/h7-17H2,1-6H3,(H-,23,24,25,26). The van der Waals surface area contributed by atoms with Crippen LogP contribution in [0.3, 0.4) is 0 Å². The number of hydrogen-bond acceptors (Lipinski definition) is 3. The highest BCUT2D eigenvalue weighted by molar-refractivity contribution is 6.00. The van der Waals surface area contributed by atoms with E-state index >= 15 is 0 Å². The Labute approximate surface area is 160 Å². The molecule has 1 unspecified atom stereocenters. The summed E-state index contributed by atoms with van der Waals surface area (Å²) < 4.78 is -0.144. The second-order valence-corrected chi connectivity index (χ2v) is 8.86. The Hall–Kier alpha value is -1.10. The maximum atomic E-state index is 11.7. The third-order valence-corrected chi connectivity index (χ3v) is 6.59. The highest BCUT2D eigenvalue weighted by Gasteiger charge is 2.56. The molecule has 0 rings (SSSR count). The number of nitrogens with zero attached hydrogens (tertiary/aromatic N) is 1. The molecule has 1 N–H and O–H groups in total. The Kier molecular flexibility index (Phi) is 10.4. The lowest BCUT2D eigenvalue weighted by atomic mass is 9.85. The van der Waals surface area contributed by atoms with Crippen LogP contribution in [0.5, 0.6) is 0 Å². The minimum atomic E-state index is -1.97. The SMILES string of the molecule is CCCCCCCCCCCCC(C)(C)[N+](C)(C)C(C)(C(=O)[O-])C(=O)O. The molecule has 26 heavy (non-hydrogen) atoms. The number of hydrogen-bond donors (Lipinski definition) is 1. The molecule has 0 spiro atoms. The minimum absolute atomic E-state index is 0.144. The van der Waals surface area contributed by atoms with Crippen LogP contribution in [0, 0.1) is 0 Å². The van der Waals surface area contributed by atoms with E-state index in [0.717, 1.165) is 19.3 Å². The molecule has 0 aliphatic carbocycles. The van der Waals surface area contributed by atoms with Gasteiger partial charge in [-0.2, -0.15) is 0 Å². The van der Waals surface area contributed by atoms with Crippen molar-refractivity contribution in [2.45, 2.75) is 109 Å². The number of carboxylic acids is 2. The molecule has 0 aromatic carbocycles. The smallest absolute Gasteiger partial charge is 0.371 e. The van der Waals surface area contributed by atoms with Gasteiger partial charge in [0.05, 0.1) is 19.6 Å². The van der Waals surface area contributed by atoms with Crippen LogP contribution in [0.25, 0.3) is 0 Å². The third kappa shape index (κ3) is 6.26. The van der Waals surface area contributed by atoms with E-state index in [9.17, 15) is 19.8 Å². The molecule has 0 aromatic rings. The van der Waals surface area contributed by atoms with E-state index in [1.165, 1.54) is 58.3 Å². The predicted molar refractivity (Wildman–Crippen MR) is 104 cm³/mol. The van der Waals surface area contributed by atoms with Crippen molar-refractivity contribution in [1.29, 1.82) is 0 Å². The molecular weight excluding hydrogens is 330 g/mol. The van der Waals surface area contributed by atoms with Gasteiger partial charge in [0.25, 0.3) is 0 Å². The van der Waals surface area contributed by atoms with Gasteiger partial charge in [-0.05, 0) is 20.3 Å². The van der Waals surface area contributed by atoms with E-state index in [4.69, 9.17) is 0 Å². The van der Waals surface area contributed by atoms with Crippen LogP contribution >= 0.6 is 0 Å². The Morgan fingerprint density at radius 2 is 1.23 bits per heavy atom. The van der Waals surface area contributed by atoms with E-state index in [0.29, 0.717) is 0 Å². The summed E-state index contributed by atoms with van der Waals surface area (Å²) in [6.07, 6.45) is 13.2. The van der Waals surface area contributed by atoms with Gasteiger partial charge in [-0.25, -0.2) is 4.79 Å². The Balaban J connectivity index is 4.39. The zero-order valence-electron chi connectivity index (χ0n) is 17.9. The summed E-state index contributed by atoms with van der Waals surface area (Å²) >= 11 is 0. The maximum Gasteiger partial charge on any atom is 0.371 e. The predicted octanol–water partition coefficient (Wildman–Crippen LogP) is 3.75. The third-order valence-electron chi connectivity index (χ3n) is 6.59. The van der Waals surface area contributed by atoms with Gasteiger partial charge in [0.1, 0.15) is 5.97 Å². The van der Waals surface area contributed by atoms with E-state index < -0.39 is 23.0 Å². The van der Waals surface area contributed by atoms with Crippen molar-refractivity contribution in [2.75, 3.05) is 14.1 Å². The van der Waals surface area contributed by atoms with Crippen molar-refractivity contribution in [3.8, 4) is 0 Å². The van der Waals surface area contributed by atoms with E-state index in [-0.39, 0.29) is 4.48 Å². The Morgan fingerprint density at radius 3 is 1.58 bits per heavy atom. The first-order valence-corrected chi connectivity index (χ1v) is 10.2. The van der Waals surface area contributed by atoms with Crippen molar-refractivity contribution in [3.05, 3.63) is 0 Å². The lowest BCUT2D eigenvalue weighted by molar-refractivity contribution is -0.968. The molecule has 1 atom stereocenters. The van der Waals surface area contributed by atoms with Gasteiger partial charge in [-0.3, -0.25) is 0 Å². The summed E-state index contributed by atoms with van der Waals surface area (Å²) in [6.45, 7) is 7.38. The first kappa shape index (κ1) is 24.9. The first-order chi connectivity index (χ1) is 11.9. The van der Waals surface area contributed by atoms with Crippen LogP contribution in [0.2, 0.25) is 0 Å². The minimum Gasteiger partial charge on any atom is -0.543 e. The summed E-state index contributed by atoms with van der Waals surface area (Å²) in [7, 11) is 3.36. The van der Waals surface area contributed by atoms with Gasteiger partial charge in [0, 0.05) is 13.3 Å². The zero-order valence-corrected chi connectivity index (χ0v) is 17.9. The Morgan fingerprint density at radius 1 is 0.846 bits per heavy atom. The average Bonchev–Trinajstić information content (AvgIpc) is 2.54. The molecule has 154 valence electrons. The van der Waals surface area contributed by atoms with E-state index in [2.05, 4.69) is 6.92 Å². The molecule has 0 aliphatic heterocycles. The maximum absolute atomic E-state index is 11.7. The number of unbranched alkanes of at least 4 members (excludes halogenated alkanes) is 9. The molecule has 0 aliphatic rings. The highest BCUT2D eigenvalue weighted by Crippen LogP contribution is 2.35. The van der Waals surface area contributed by atoms with Gasteiger partial charge in [-0.1, -0.05) is 64.7 Å². The van der Waals surface area contributed by atoms with Gasteiger partial charge < -0.3 is 19.5 Å². The van der Waals surface area contributed by atoms with Crippen LogP contribution in [0.15, 0.2) is 0 Å². The fraction of sp³-hybridized carbons (Fsp3) is 0.905. The second-order valence-electron chi connectivity index (χ2n) is 8.86. The van der Waals surface area contributed by atoms with Crippen LogP contribution in [0.4, 0.5) is 0 Å². The molecule has 0 saturated carbocycles. The fourth-order valence-electron chi connectivity index (χ4n) is 3.48. The van der Waals surface area contributed by atoms with Crippen molar-refractivity contribution >= 4 is 11.9 Å². The number of likely N-dealkylation sites (N-methyl/N-ethyl adjacent to an activating group) is 1. The van der Waals surface area contributed by atoms with Gasteiger partial charge >= 0.3 is 5.97 Å². The van der Waals surface area contributed by atoms with Crippen molar-refractivity contribution in [3.63, 3.8) is 0 Å². The van der Waals surface area contributed by atoms with Crippen LogP contribution in [-0.4, -0.2) is 46.7 Å². The number of aliphatic carboxylic acids is 2. The average molecular weight is 372 g/mol. The van der Waals surface area contributed by atoms with Crippen LogP contribution in [0.1, 0.15) is 98.3 Å².